The van der Waals surface area contributed by atoms with Crippen LogP contribution in [0.3, 0.4) is 0 Å². The third-order valence-corrected chi connectivity index (χ3v) is 15.3. The van der Waals surface area contributed by atoms with Crippen molar-refractivity contribution >= 4 is 32.3 Å². The predicted octanol–water partition coefficient (Wildman–Crippen LogP) is 20.3. The summed E-state index contributed by atoms with van der Waals surface area (Å²) < 4.78 is 0. The van der Waals surface area contributed by atoms with Crippen molar-refractivity contribution < 1.29 is 0 Å². The summed E-state index contributed by atoms with van der Waals surface area (Å²) >= 11 is 0. The van der Waals surface area contributed by atoms with Gasteiger partial charge in [0, 0.05) is 0 Å². The van der Waals surface area contributed by atoms with E-state index >= 15 is 0 Å². The molecule has 12 aromatic rings. The Labute approximate surface area is 424 Å². The Morgan fingerprint density at radius 2 is 0.375 bits per heavy atom. The highest BCUT2D eigenvalue weighted by atomic mass is 14.3. The van der Waals surface area contributed by atoms with Crippen molar-refractivity contribution in [1.29, 1.82) is 0 Å². The highest BCUT2D eigenvalue weighted by molar-refractivity contribution is 6.29. The van der Waals surface area contributed by atoms with Crippen molar-refractivity contribution in [3.8, 4) is 89.0 Å². The smallest absolute Gasteiger partial charge is 0.00921 e. The molecular weight excluding hydrogens is 865 g/mol. The molecule has 0 radical (unpaired) electrons. The molecular formula is C72H56. The molecule has 12 aromatic carbocycles. The maximum absolute atomic E-state index is 2.54. The standard InChI is InChI=1S/C72H56/c1-45-21-13-17-29-55(45)61-39-67-68(40-62(61)56-30-18-14-22-46(56)2)70-42-64(58-32-20-16-24-48(58)4)66(60-36-34-54(38-50(60)6)52-27-11-8-12-28-52)44-72(70)71-43-65(63(41-69(67)71)57-31-19-15-23-47(57)3)59-35-33-53(37-49(59)5)51-25-9-7-10-26-51/h7-44H,1-6H3. The van der Waals surface area contributed by atoms with E-state index in [0.717, 1.165) is 0 Å². The summed E-state index contributed by atoms with van der Waals surface area (Å²) in [5, 5.41) is 7.47. The molecule has 0 nitrogen and oxygen atoms in total. The summed E-state index contributed by atoms with van der Waals surface area (Å²) in [5.74, 6) is 0. The average Bonchev–Trinajstić information content (AvgIpc) is 3.41. The predicted molar refractivity (Wildman–Crippen MR) is 311 cm³/mol. The molecule has 0 saturated carbocycles. The first-order valence-electron chi connectivity index (χ1n) is 25.3. The fourth-order valence-electron chi connectivity index (χ4n) is 11.5. The van der Waals surface area contributed by atoms with Crippen molar-refractivity contribution in [2.45, 2.75) is 41.5 Å². The van der Waals surface area contributed by atoms with Gasteiger partial charge in [0.05, 0.1) is 0 Å². The minimum atomic E-state index is 1.22. The topological polar surface area (TPSA) is 0 Å². The number of hydrogen-bond donors (Lipinski definition) is 0. The molecule has 0 fully saturated rings. The van der Waals surface area contributed by atoms with E-state index < -0.39 is 0 Å². The van der Waals surface area contributed by atoms with Crippen LogP contribution in [0.2, 0.25) is 0 Å². The Bertz CT molecular complexity index is 3810. The van der Waals surface area contributed by atoms with Gasteiger partial charge in [-0.1, -0.05) is 194 Å². The van der Waals surface area contributed by atoms with Gasteiger partial charge in [-0.05, 0) is 233 Å². The Kier molecular flexibility index (Phi) is 11.3. The molecule has 0 amide bonds. The van der Waals surface area contributed by atoms with E-state index in [1.54, 1.807) is 0 Å². The van der Waals surface area contributed by atoms with Gasteiger partial charge in [0.15, 0.2) is 0 Å². The molecule has 0 heteroatoms. The summed E-state index contributed by atoms with van der Waals surface area (Å²) in [7, 11) is 0. The molecule has 0 saturated heterocycles. The minimum absolute atomic E-state index is 1.22. The SMILES string of the molecule is Cc1ccccc1-c1cc2c(cc1-c1ccccc1C)c1cc(-c3ccccc3C)c(-c3ccc(-c4ccccc4)cc3C)cc1c1cc(-c3ccc(-c4ccccc4)cc3C)c(-c3ccccc3C)cc21. The van der Waals surface area contributed by atoms with E-state index in [9.17, 15) is 0 Å². The van der Waals surface area contributed by atoms with Gasteiger partial charge in [-0.2, -0.15) is 0 Å². The number of benzene rings is 12. The lowest BCUT2D eigenvalue weighted by Crippen LogP contribution is -1.97. The van der Waals surface area contributed by atoms with Crippen LogP contribution in [-0.4, -0.2) is 0 Å². The van der Waals surface area contributed by atoms with E-state index in [4.69, 9.17) is 0 Å². The number of rotatable bonds is 8. The Balaban J connectivity index is 1.26. The first-order chi connectivity index (χ1) is 35.2. The quantitative estimate of drug-likeness (QED) is 0.133. The van der Waals surface area contributed by atoms with E-state index in [-0.39, 0.29) is 0 Å². The zero-order valence-corrected chi connectivity index (χ0v) is 41.9. The molecule has 0 N–H and O–H groups in total. The van der Waals surface area contributed by atoms with E-state index in [1.165, 1.54) is 155 Å². The van der Waals surface area contributed by atoms with Crippen molar-refractivity contribution in [1.82, 2.24) is 0 Å². The monoisotopic (exact) mass is 920 g/mol. The second-order valence-electron chi connectivity index (χ2n) is 19.9. The van der Waals surface area contributed by atoms with Crippen LogP contribution in [0.25, 0.3) is 121 Å². The van der Waals surface area contributed by atoms with Crippen molar-refractivity contribution in [2.75, 3.05) is 0 Å². The Hall–Kier alpha value is -8.58. The van der Waals surface area contributed by atoms with Crippen LogP contribution in [-0.2, 0) is 0 Å². The highest BCUT2D eigenvalue weighted by Crippen LogP contribution is 2.50. The van der Waals surface area contributed by atoms with Crippen LogP contribution in [0, 0.1) is 41.5 Å². The third-order valence-electron chi connectivity index (χ3n) is 15.3. The van der Waals surface area contributed by atoms with Crippen LogP contribution in [0.1, 0.15) is 33.4 Å². The fraction of sp³-hybridized carbons (Fsp3) is 0.0833. The summed E-state index contributed by atoms with van der Waals surface area (Å²) in [6.07, 6.45) is 0. The lowest BCUT2D eigenvalue weighted by atomic mass is 9.80. The summed E-state index contributed by atoms with van der Waals surface area (Å²) in [5.41, 5.74) is 27.3. The van der Waals surface area contributed by atoms with Gasteiger partial charge < -0.3 is 0 Å². The zero-order valence-electron chi connectivity index (χ0n) is 41.9. The van der Waals surface area contributed by atoms with Crippen LogP contribution in [0.15, 0.2) is 231 Å². The molecule has 0 unspecified atom stereocenters. The summed E-state index contributed by atoms with van der Waals surface area (Å²) in [6.45, 7) is 13.6. The lowest BCUT2D eigenvalue weighted by molar-refractivity contribution is 1.43. The summed E-state index contributed by atoms with van der Waals surface area (Å²) in [6, 6.07) is 86.3. The molecule has 344 valence electrons. The van der Waals surface area contributed by atoms with E-state index in [2.05, 4.69) is 272 Å². The first kappa shape index (κ1) is 44.6. The Morgan fingerprint density at radius 1 is 0.153 bits per heavy atom. The van der Waals surface area contributed by atoms with Gasteiger partial charge in [-0.25, -0.2) is 0 Å². The van der Waals surface area contributed by atoms with Gasteiger partial charge >= 0.3 is 0 Å². The van der Waals surface area contributed by atoms with Crippen molar-refractivity contribution in [3.05, 3.63) is 264 Å². The van der Waals surface area contributed by atoms with Crippen LogP contribution in [0.4, 0.5) is 0 Å². The molecule has 0 aliphatic heterocycles. The van der Waals surface area contributed by atoms with Crippen LogP contribution < -0.4 is 0 Å². The van der Waals surface area contributed by atoms with Gasteiger partial charge in [-0.3, -0.25) is 0 Å². The minimum Gasteiger partial charge on any atom is -0.0622 e. The lowest BCUT2D eigenvalue weighted by Gasteiger charge is -2.23. The molecule has 0 aromatic heterocycles. The van der Waals surface area contributed by atoms with Gasteiger partial charge in [0.25, 0.3) is 0 Å². The van der Waals surface area contributed by atoms with Gasteiger partial charge in [0.2, 0.25) is 0 Å². The maximum atomic E-state index is 2.54. The van der Waals surface area contributed by atoms with Crippen LogP contribution in [0.5, 0.6) is 0 Å². The molecule has 0 atom stereocenters. The molecule has 12 rings (SSSR count). The number of fused-ring (bicyclic) bond motifs is 6. The van der Waals surface area contributed by atoms with Crippen molar-refractivity contribution in [2.24, 2.45) is 0 Å². The normalized spacial score (nSPS) is 11.5. The first-order valence-corrected chi connectivity index (χ1v) is 25.3. The zero-order chi connectivity index (χ0) is 49.0. The second kappa shape index (κ2) is 18.3. The maximum Gasteiger partial charge on any atom is -0.00921 e. The number of hydrogen-bond acceptors (Lipinski definition) is 0. The third kappa shape index (κ3) is 7.81. The molecule has 0 spiro atoms. The van der Waals surface area contributed by atoms with E-state index in [0.29, 0.717) is 0 Å². The van der Waals surface area contributed by atoms with E-state index in [1.807, 2.05) is 0 Å². The Morgan fingerprint density at radius 3 is 0.611 bits per heavy atom. The number of aryl methyl sites for hydroxylation is 6. The second-order valence-corrected chi connectivity index (χ2v) is 19.9. The largest absolute Gasteiger partial charge is 0.0622 e. The summed E-state index contributed by atoms with van der Waals surface area (Å²) in [4.78, 5) is 0. The van der Waals surface area contributed by atoms with Gasteiger partial charge in [0.1, 0.15) is 0 Å². The highest BCUT2D eigenvalue weighted by Gasteiger charge is 2.23. The molecule has 0 heterocycles. The molecule has 0 bridgehead atoms. The van der Waals surface area contributed by atoms with Crippen molar-refractivity contribution in [3.63, 3.8) is 0 Å². The van der Waals surface area contributed by atoms with Gasteiger partial charge in [-0.15, -0.1) is 0 Å². The van der Waals surface area contributed by atoms with Crippen LogP contribution >= 0.6 is 0 Å². The average molecular weight is 921 g/mol. The molecule has 0 aliphatic rings. The molecule has 0 aliphatic carbocycles. The fourth-order valence-corrected chi connectivity index (χ4v) is 11.5. The molecule has 72 heavy (non-hydrogen) atoms.